The van der Waals surface area contributed by atoms with Crippen molar-refractivity contribution in [3.63, 3.8) is 0 Å². The van der Waals surface area contributed by atoms with E-state index in [0.717, 1.165) is 15.5 Å². The van der Waals surface area contributed by atoms with Crippen LogP contribution in [0.2, 0.25) is 0 Å². The van der Waals surface area contributed by atoms with Gasteiger partial charge in [-0.05, 0) is 53.4 Å². The third-order valence-electron chi connectivity index (χ3n) is 4.31. The maximum atomic E-state index is 13.1. The molecule has 0 aliphatic carbocycles. The van der Waals surface area contributed by atoms with Gasteiger partial charge in [0, 0.05) is 28.7 Å². The number of hydrogen-bond acceptors (Lipinski definition) is 5. The Morgan fingerprint density at radius 2 is 1.65 bits per heavy atom. The second-order valence-corrected chi connectivity index (χ2v) is 8.93. The Morgan fingerprint density at radius 1 is 1.03 bits per heavy atom. The van der Waals surface area contributed by atoms with E-state index in [1.165, 1.54) is 0 Å². The quantitative estimate of drug-likeness (QED) is 0.195. The molecule has 1 heterocycles. The number of rotatable bonds is 7. The fourth-order valence-corrected chi connectivity index (χ4v) is 4.03. The van der Waals surface area contributed by atoms with Gasteiger partial charge in [-0.3, -0.25) is 10.8 Å². The molecular weight excluding hydrogens is 414 g/mol. The van der Waals surface area contributed by atoms with Gasteiger partial charge in [0.05, 0.1) is 16.3 Å². The number of nitrogens with one attached hydrogen (secondary N) is 2. The average Bonchev–Trinajstić information content (AvgIpc) is 2.74. The minimum atomic E-state index is -3.02. The van der Waals surface area contributed by atoms with Crippen molar-refractivity contribution in [3.8, 4) is 11.1 Å². The Bertz CT molecular complexity index is 1200. The number of carbonyl (C=O) groups is 1. The Balaban J connectivity index is 1.80. The molecule has 0 saturated carbocycles. The number of anilines is 2. The summed E-state index contributed by atoms with van der Waals surface area (Å²) in [4.78, 5) is 16.6. The third kappa shape index (κ3) is 5.70. The zero-order valence-corrected chi connectivity index (χ0v) is 17.5. The Kier molecular flexibility index (Phi) is 6.71. The van der Waals surface area contributed by atoms with Crippen molar-refractivity contribution in [2.45, 2.75) is 4.90 Å². The minimum absolute atomic E-state index is 0.168. The molecule has 9 heteroatoms. The van der Waals surface area contributed by atoms with E-state index in [1.54, 1.807) is 60.9 Å². The Labute approximate surface area is 181 Å². The van der Waals surface area contributed by atoms with Gasteiger partial charge in [0.2, 0.25) is 0 Å². The molecule has 0 aliphatic rings. The fraction of sp³-hybridized carbons (Fsp3) is 0.0455. The van der Waals surface area contributed by atoms with Crippen LogP contribution < -0.4 is 16.5 Å². The summed E-state index contributed by atoms with van der Waals surface area (Å²) in [5.41, 5.74) is 2.78. The second-order valence-electron chi connectivity index (χ2n) is 6.71. The van der Waals surface area contributed by atoms with Crippen LogP contribution >= 0.6 is 0 Å². The number of hydrazine groups is 1. The van der Waals surface area contributed by atoms with E-state index in [1.807, 2.05) is 12.1 Å². The lowest BCUT2D eigenvalue weighted by atomic mass is 10.1. The number of nitrogens with zero attached hydrogens (tertiary/aromatic N) is 2. The first-order valence-electron chi connectivity index (χ1n) is 9.20. The number of nitrogens with two attached hydrogens (primary N) is 1. The minimum Gasteiger partial charge on any atom is -0.511 e. The van der Waals surface area contributed by atoms with Gasteiger partial charge in [-0.15, -0.1) is 0 Å². The molecule has 0 aliphatic heterocycles. The molecule has 5 N–H and O–H groups in total. The number of carbonyl (C=O) groups excluding carboxylic acids is 1. The van der Waals surface area contributed by atoms with Crippen molar-refractivity contribution in [3.05, 3.63) is 85.4 Å². The Hall–Kier alpha value is -3.66. The number of amides is 2. The van der Waals surface area contributed by atoms with Crippen LogP contribution in [0.1, 0.15) is 0 Å². The van der Waals surface area contributed by atoms with Gasteiger partial charge >= 0.3 is 6.03 Å². The summed E-state index contributed by atoms with van der Waals surface area (Å²) in [5, 5.41) is 14.9. The fourth-order valence-electron chi connectivity index (χ4n) is 2.80. The van der Waals surface area contributed by atoms with E-state index in [9.17, 15) is 14.1 Å². The molecule has 1 atom stereocenters. The predicted octanol–water partition coefficient (Wildman–Crippen LogP) is 3.63. The van der Waals surface area contributed by atoms with E-state index in [0.29, 0.717) is 16.3 Å². The summed E-state index contributed by atoms with van der Waals surface area (Å²) >= 11 is 0. The molecule has 0 radical (unpaired) electrons. The molecule has 3 aromatic rings. The van der Waals surface area contributed by atoms with Crippen molar-refractivity contribution in [1.82, 2.24) is 9.40 Å². The van der Waals surface area contributed by atoms with Crippen molar-refractivity contribution in [2.24, 2.45) is 5.84 Å². The summed E-state index contributed by atoms with van der Waals surface area (Å²) in [6.45, 7) is 3.20. The lowest BCUT2D eigenvalue weighted by Crippen LogP contribution is -2.38. The summed E-state index contributed by atoms with van der Waals surface area (Å²) in [6.07, 6.45) is 3.17. The van der Waals surface area contributed by atoms with E-state index < -0.39 is 9.71 Å². The van der Waals surface area contributed by atoms with Crippen molar-refractivity contribution >= 4 is 33.0 Å². The van der Waals surface area contributed by atoms with Crippen LogP contribution in [-0.2, 0) is 9.71 Å². The third-order valence-corrected chi connectivity index (χ3v) is 6.19. The Morgan fingerprint density at radius 3 is 2.32 bits per heavy atom. The van der Waals surface area contributed by atoms with Gasteiger partial charge in [-0.25, -0.2) is 9.00 Å². The topological polar surface area (TPSA) is 121 Å². The molecule has 2 aromatic carbocycles. The number of pyridine rings is 1. The summed E-state index contributed by atoms with van der Waals surface area (Å²) in [5.74, 6) is 9.35. The number of aliphatic hydroxyl groups excluding tert-OH is 1. The van der Waals surface area contributed by atoms with Gasteiger partial charge in [0.25, 0.3) is 0 Å². The van der Waals surface area contributed by atoms with Crippen LogP contribution in [0.4, 0.5) is 16.2 Å². The molecule has 1 aromatic heterocycles. The molecule has 0 spiro atoms. The highest BCUT2D eigenvalue weighted by atomic mass is 32.2. The maximum Gasteiger partial charge on any atom is 0.323 e. The van der Waals surface area contributed by atoms with Crippen LogP contribution in [0.15, 0.2) is 90.3 Å². The van der Waals surface area contributed by atoms with E-state index in [-0.39, 0.29) is 18.3 Å². The standard InChI is InChI=1S/C22H23N5O3S/c1-16(28)15-27(23)31(2,30)21-8-4-6-18(14-21)17-5-3-7-20(13-17)26-22(29)25-19-9-11-24-12-10-19/h3-14,28H,1-2,15,23H2,(H2,24,25,26,29). The maximum absolute atomic E-state index is 13.1. The van der Waals surface area contributed by atoms with Crippen LogP contribution in [-0.4, -0.2) is 37.2 Å². The SMILES string of the molecule is C=C(O)CN(N)S(=C)(=O)c1cccc(-c2cccc(NC(=O)Nc3ccncc3)c2)c1. The first-order chi connectivity index (χ1) is 14.8. The van der Waals surface area contributed by atoms with Crippen LogP contribution in [0.5, 0.6) is 0 Å². The highest BCUT2D eigenvalue weighted by Gasteiger charge is 2.16. The number of hydrogen-bond donors (Lipinski definition) is 4. The van der Waals surface area contributed by atoms with Crippen LogP contribution in [0, 0.1) is 0 Å². The van der Waals surface area contributed by atoms with Gasteiger partial charge in [-0.2, -0.15) is 4.41 Å². The van der Waals surface area contributed by atoms with Crippen LogP contribution in [0.3, 0.4) is 0 Å². The molecule has 0 bridgehead atoms. The van der Waals surface area contributed by atoms with E-state index in [4.69, 9.17) is 5.84 Å². The lowest BCUT2D eigenvalue weighted by molar-refractivity contribution is 0.262. The van der Waals surface area contributed by atoms with Gasteiger partial charge < -0.3 is 15.7 Å². The van der Waals surface area contributed by atoms with Crippen molar-refractivity contribution in [2.75, 3.05) is 17.2 Å². The predicted molar refractivity (Wildman–Crippen MR) is 125 cm³/mol. The first kappa shape index (κ1) is 22.0. The second kappa shape index (κ2) is 9.43. The van der Waals surface area contributed by atoms with Gasteiger partial charge in [-0.1, -0.05) is 30.8 Å². The van der Waals surface area contributed by atoms with Crippen molar-refractivity contribution < 1.29 is 14.1 Å². The molecular formula is C22H23N5O3S. The van der Waals surface area contributed by atoms with E-state index >= 15 is 0 Å². The number of benzene rings is 2. The molecule has 3 rings (SSSR count). The van der Waals surface area contributed by atoms with Crippen LogP contribution in [0.25, 0.3) is 11.1 Å². The normalized spacial score (nSPS) is 12.7. The average molecular weight is 438 g/mol. The van der Waals surface area contributed by atoms with Gasteiger partial charge in [0.1, 0.15) is 5.76 Å². The summed E-state index contributed by atoms with van der Waals surface area (Å²) in [6, 6.07) is 17.2. The molecule has 2 amide bonds. The first-order valence-corrected chi connectivity index (χ1v) is 10.9. The zero-order valence-electron chi connectivity index (χ0n) is 16.7. The molecule has 0 fully saturated rings. The smallest absolute Gasteiger partial charge is 0.323 e. The summed E-state index contributed by atoms with van der Waals surface area (Å²) < 4.78 is 14.0. The lowest BCUT2D eigenvalue weighted by Gasteiger charge is -2.21. The highest BCUT2D eigenvalue weighted by Crippen LogP contribution is 2.26. The summed E-state index contributed by atoms with van der Waals surface area (Å²) in [7, 11) is -3.02. The molecule has 160 valence electrons. The van der Waals surface area contributed by atoms with Crippen molar-refractivity contribution in [1.29, 1.82) is 0 Å². The number of aliphatic hydroxyl groups is 1. The molecule has 0 saturated heterocycles. The van der Waals surface area contributed by atoms with Gasteiger partial charge in [0.15, 0.2) is 0 Å². The van der Waals surface area contributed by atoms with E-state index in [2.05, 4.69) is 28.1 Å². The zero-order chi connectivity index (χ0) is 22.4. The number of aromatic nitrogens is 1. The monoisotopic (exact) mass is 437 g/mol. The molecule has 31 heavy (non-hydrogen) atoms. The molecule has 1 unspecified atom stereocenters. The number of urea groups is 1. The highest BCUT2D eigenvalue weighted by molar-refractivity contribution is 7.98. The molecule has 8 nitrogen and oxygen atoms in total. The largest absolute Gasteiger partial charge is 0.511 e.